The van der Waals surface area contributed by atoms with Crippen molar-refractivity contribution in [1.29, 1.82) is 0 Å². The molecule has 2 N–H and O–H groups in total. The van der Waals surface area contributed by atoms with Crippen LogP contribution in [-0.4, -0.2) is 19.0 Å². The van der Waals surface area contributed by atoms with Gasteiger partial charge in [-0.2, -0.15) is 0 Å². The zero-order valence-electron chi connectivity index (χ0n) is 11.6. The van der Waals surface area contributed by atoms with Crippen LogP contribution in [0.3, 0.4) is 0 Å². The fraction of sp³-hybridized carbons (Fsp3) is 0.429. The predicted molar refractivity (Wildman–Crippen MR) is 73.4 cm³/mol. The van der Waals surface area contributed by atoms with Crippen LogP contribution >= 0.6 is 0 Å². The van der Waals surface area contributed by atoms with Crippen molar-refractivity contribution >= 4 is 11.9 Å². The van der Waals surface area contributed by atoms with Crippen LogP contribution < -0.4 is 5.73 Å². The number of ketones is 1. The molecule has 0 bridgehead atoms. The number of amides is 1. The molecule has 0 aliphatic rings. The Bertz CT molecular complexity index is 323. The van der Waals surface area contributed by atoms with Crippen molar-refractivity contribution in [3.63, 3.8) is 0 Å². The van der Waals surface area contributed by atoms with Gasteiger partial charge in [-0.15, -0.1) is 0 Å². The summed E-state index contributed by atoms with van der Waals surface area (Å²) >= 11 is 0. The number of aryl methyl sites for hydroxylation is 1. The molecule has 18 heavy (non-hydrogen) atoms. The lowest BCUT2D eigenvalue weighted by atomic mass is 10.1. The van der Waals surface area contributed by atoms with Gasteiger partial charge in [0.1, 0.15) is 5.78 Å². The maximum Gasteiger partial charge on any atom is 0.404 e. The van der Waals surface area contributed by atoms with Gasteiger partial charge in [0.05, 0.1) is 7.11 Å². The van der Waals surface area contributed by atoms with Gasteiger partial charge in [0, 0.05) is 6.42 Å². The first kappa shape index (κ1) is 18.5. The molecule has 0 fully saturated rings. The SMILES string of the molecule is CC.CC(=O)CCc1ccccc1.COC(N)=O. The van der Waals surface area contributed by atoms with Crippen LogP contribution in [0.5, 0.6) is 0 Å². The van der Waals surface area contributed by atoms with Gasteiger partial charge in [-0.1, -0.05) is 44.2 Å². The molecular formula is C14H23NO3. The van der Waals surface area contributed by atoms with E-state index in [1.165, 1.54) is 12.7 Å². The van der Waals surface area contributed by atoms with Gasteiger partial charge in [-0.25, -0.2) is 4.79 Å². The molecule has 0 aliphatic carbocycles. The molecule has 0 aromatic heterocycles. The Morgan fingerprint density at radius 1 is 1.17 bits per heavy atom. The number of carbonyl (C=O) groups excluding carboxylic acids is 2. The summed E-state index contributed by atoms with van der Waals surface area (Å²) in [5.41, 5.74) is 5.67. The highest BCUT2D eigenvalue weighted by atomic mass is 16.5. The highest BCUT2D eigenvalue weighted by Gasteiger charge is 1.94. The summed E-state index contributed by atoms with van der Waals surface area (Å²) in [6, 6.07) is 10.1. The quantitative estimate of drug-likeness (QED) is 0.900. The van der Waals surface area contributed by atoms with Crippen LogP contribution in [0.25, 0.3) is 0 Å². The van der Waals surface area contributed by atoms with Crippen LogP contribution in [0, 0.1) is 0 Å². The Hall–Kier alpha value is -1.84. The molecule has 0 unspecified atom stereocenters. The minimum Gasteiger partial charge on any atom is -0.453 e. The van der Waals surface area contributed by atoms with E-state index < -0.39 is 6.09 Å². The van der Waals surface area contributed by atoms with Crippen molar-refractivity contribution in [3.05, 3.63) is 35.9 Å². The summed E-state index contributed by atoms with van der Waals surface area (Å²) in [6.07, 6.45) is 0.783. The van der Waals surface area contributed by atoms with Crippen molar-refractivity contribution < 1.29 is 14.3 Å². The molecule has 4 nitrogen and oxygen atoms in total. The number of rotatable bonds is 3. The van der Waals surface area contributed by atoms with Crippen LogP contribution in [0.4, 0.5) is 4.79 Å². The summed E-state index contributed by atoms with van der Waals surface area (Å²) in [6.45, 7) is 5.63. The standard InChI is InChI=1S/C10H12O.C2H5NO2.C2H6/c1-9(11)7-8-10-5-3-2-4-6-10;1-5-2(3)4;1-2/h2-6H,7-8H2,1H3;1H3,(H2,3,4);1-2H3. The van der Waals surface area contributed by atoms with E-state index in [-0.39, 0.29) is 5.78 Å². The summed E-state index contributed by atoms with van der Waals surface area (Å²) in [7, 11) is 1.22. The van der Waals surface area contributed by atoms with E-state index in [0.717, 1.165) is 6.42 Å². The van der Waals surface area contributed by atoms with Crippen molar-refractivity contribution in [1.82, 2.24) is 0 Å². The fourth-order valence-corrected chi connectivity index (χ4v) is 0.965. The zero-order valence-corrected chi connectivity index (χ0v) is 11.6. The normalized spacial score (nSPS) is 8.00. The first-order valence-corrected chi connectivity index (χ1v) is 5.93. The lowest BCUT2D eigenvalue weighted by Gasteiger charge is -1.96. The largest absolute Gasteiger partial charge is 0.453 e. The van der Waals surface area contributed by atoms with Crippen LogP contribution in [-0.2, 0) is 16.0 Å². The second-order valence-electron chi connectivity index (χ2n) is 3.21. The molecule has 1 aromatic rings. The summed E-state index contributed by atoms with van der Waals surface area (Å²) in [5, 5.41) is 0. The highest BCUT2D eigenvalue weighted by Crippen LogP contribution is 2.01. The smallest absolute Gasteiger partial charge is 0.404 e. The Balaban J connectivity index is 0. The van der Waals surface area contributed by atoms with E-state index in [0.29, 0.717) is 6.42 Å². The van der Waals surface area contributed by atoms with Gasteiger partial charge >= 0.3 is 6.09 Å². The van der Waals surface area contributed by atoms with Gasteiger partial charge in [-0.05, 0) is 18.9 Å². The zero-order chi connectivity index (χ0) is 14.4. The summed E-state index contributed by atoms with van der Waals surface area (Å²) < 4.78 is 3.89. The molecule has 0 radical (unpaired) electrons. The summed E-state index contributed by atoms with van der Waals surface area (Å²) in [4.78, 5) is 20.0. The molecule has 0 aliphatic heterocycles. The van der Waals surface area contributed by atoms with Crippen LogP contribution in [0.2, 0.25) is 0 Å². The average molecular weight is 253 g/mol. The number of primary amides is 1. The monoisotopic (exact) mass is 253 g/mol. The molecule has 102 valence electrons. The maximum absolute atomic E-state index is 10.6. The van der Waals surface area contributed by atoms with Crippen molar-refractivity contribution in [2.45, 2.75) is 33.6 Å². The molecule has 0 heterocycles. The highest BCUT2D eigenvalue weighted by molar-refractivity contribution is 5.75. The predicted octanol–water partition coefficient (Wildman–Crippen LogP) is 2.95. The van der Waals surface area contributed by atoms with Crippen LogP contribution in [0.1, 0.15) is 32.8 Å². The molecule has 1 rings (SSSR count). The maximum atomic E-state index is 10.6. The first-order chi connectivity index (χ1) is 8.56. The van der Waals surface area contributed by atoms with Crippen molar-refractivity contribution in [3.8, 4) is 0 Å². The lowest BCUT2D eigenvalue weighted by molar-refractivity contribution is -0.116. The van der Waals surface area contributed by atoms with Gasteiger partial charge in [0.15, 0.2) is 0 Å². The molecule has 1 aromatic carbocycles. The average Bonchev–Trinajstić information content (AvgIpc) is 2.40. The molecule has 0 spiro atoms. The minimum atomic E-state index is -0.745. The Morgan fingerprint density at radius 2 is 1.61 bits per heavy atom. The van der Waals surface area contributed by atoms with E-state index in [2.05, 4.69) is 10.5 Å². The number of hydrogen-bond acceptors (Lipinski definition) is 3. The molecule has 0 saturated carbocycles. The van der Waals surface area contributed by atoms with Crippen LogP contribution in [0.15, 0.2) is 30.3 Å². The third-order valence-corrected chi connectivity index (χ3v) is 1.81. The van der Waals surface area contributed by atoms with E-state index in [9.17, 15) is 9.59 Å². The lowest BCUT2D eigenvalue weighted by Crippen LogP contribution is -2.08. The Labute approximate surface area is 109 Å². The fourth-order valence-electron chi connectivity index (χ4n) is 0.965. The minimum absolute atomic E-state index is 0.258. The van der Waals surface area contributed by atoms with Gasteiger partial charge < -0.3 is 15.3 Å². The molecule has 4 heteroatoms. The van der Waals surface area contributed by atoms with E-state index >= 15 is 0 Å². The van der Waals surface area contributed by atoms with Crippen molar-refractivity contribution in [2.24, 2.45) is 5.73 Å². The third-order valence-electron chi connectivity index (χ3n) is 1.81. The first-order valence-electron chi connectivity index (χ1n) is 5.93. The Morgan fingerprint density at radius 3 is 1.94 bits per heavy atom. The molecule has 0 saturated heterocycles. The number of methoxy groups -OCH3 is 1. The molecule has 0 atom stereocenters. The second-order valence-corrected chi connectivity index (χ2v) is 3.21. The Kier molecular flexibility index (Phi) is 13.6. The number of carbonyl (C=O) groups is 2. The summed E-state index contributed by atoms with van der Waals surface area (Å²) in [5.74, 6) is 0.258. The third kappa shape index (κ3) is 14.2. The second kappa shape index (κ2) is 13.2. The topological polar surface area (TPSA) is 69.4 Å². The van der Waals surface area contributed by atoms with Gasteiger partial charge in [0.25, 0.3) is 0 Å². The number of hydrogen-bond donors (Lipinski definition) is 1. The molecule has 1 amide bonds. The molecular weight excluding hydrogens is 230 g/mol. The number of ether oxygens (including phenoxy) is 1. The van der Waals surface area contributed by atoms with Gasteiger partial charge in [-0.3, -0.25) is 0 Å². The number of nitrogens with two attached hydrogens (primary N) is 1. The number of benzene rings is 1. The van der Waals surface area contributed by atoms with Gasteiger partial charge in [0.2, 0.25) is 0 Å². The van der Waals surface area contributed by atoms with E-state index in [4.69, 9.17) is 0 Å². The van der Waals surface area contributed by atoms with Crippen molar-refractivity contribution in [2.75, 3.05) is 7.11 Å². The van der Waals surface area contributed by atoms with E-state index in [1.54, 1.807) is 6.92 Å². The number of Topliss-reactive ketones (excluding diaryl/α,β-unsaturated/α-hetero) is 1. The van der Waals surface area contributed by atoms with E-state index in [1.807, 2.05) is 44.2 Å².